The van der Waals surface area contributed by atoms with Crippen LogP contribution < -0.4 is 10.8 Å². The molecule has 0 aromatic rings. The van der Waals surface area contributed by atoms with Gasteiger partial charge in [-0.25, -0.2) is 9.48 Å². The van der Waals surface area contributed by atoms with Gasteiger partial charge in [0.05, 0.1) is 12.2 Å². The maximum Gasteiger partial charge on any atom is 0.207 e. The van der Waals surface area contributed by atoms with Crippen molar-refractivity contribution in [3.05, 3.63) is 24.6 Å². The molecule has 0 aromatic heterocycles. The zero-order valence-electron chi connectivity index (χ0n) is 17.2. The molecule has 5 nitrogen and oxygen atoms in total. The van der Waals surface area contributed by atoms with Crippen LogP contribution in [0, 0.1) is 0 Å². The Morgan fingerprint density at radius 2 is 1.70 bits per heavy atom. The number of nitrogens with two attached hydrogens (primary N) is 1. The molecule has 0 saturated carbocycles. The number of nitrogens with zero attached hydrogens (tertiary/aromatic N) is 2. The SMILES string of the molecule is CCCCCC/C=C/CCCCCCCC1=NC=C[N+]1(CCN)CC(=O)[O-]. The van der Waals surface area contributed by atoms with E-state index in [1.54, 1.807) is 6.20 Å². The van der Waals surface area contributed by atoms with Gasteiger partial charge in [0.2, 0.25) is 5.84 Å². The third-order valence-electron chi connectivity index (χ3n) is 5.19. The third kappa shape index (κ3) is 9.87. The van der Waals surface area contributed by atoms with E-state index >= 15 is 0 Å². The lowest BCUT2D eigenvalue weighted by molar-refractivity contribution is -0.780. The zero-order chi connectivity index (χ0) is 19.8. The van der Waals surface area contributed by atoms with E-state index in [9.17, 15) is 9.90 Å². The van der Waals surface area contributed by atoms with Gasteiger partial charge in [-0.3, -0.25) is 0 Å². The van der Waals surface area contributed by atoms with Crippen LogP contribution in [0.3, 0.4) is 0 Å². The molecular formula is C22H39N3O2. The van der Waals surface area contributed by atoms with Crippen LogP contribution in [-0.2, 0) is 4.79 Å². The lowest BCUT2D eigenvalue weighted by Gasteiger charge is -2.32. The van der Waals surface area contributed by atoms with Crippen LogP contribution in [-0.4, -0.2) is 35.9 Å². The fraction of sp³-hybridized carbons (Fsp3) is 0.727. The average Bonchev–Trinajstić information content (AvgIpc) is 3.00. The highest BCUT2D eigenvalue weighted by Crippen LogP contribution is 2.21. The molecule has 0 fully saturated rings. The van der Waals surface area contributed by atoms with Crippen LogP contribution >= 0.6 is 0 Å². The van der Waals surface area contributed by atoms with Gasteiger partial charge in [-0.2, -0.15) is 0 Å². The van der Waals surface area contributed by atoms with E-state index in [1.807, 2.05) is 6.20 Å². The molecule has 0 amide bonds. The van der Waals surface area contributed by atoms with Gasteiger partial charge >= 0.3 is 0 Å². The number of carbonyl (C=O) groups excluding carboxylic acids is 1. The summed E-state index contributed by atoms with van der Waals surface area (Å²) < 4.78 is 0.238. The van der Waals surface area contributed by atoms with E-state index in [0.29, 0.717) is 13.1 Å². The van der Waals surface area contributed by atoms with Crippen LogP contribution in [0.25, 0.3) is 0 Å². The summed E-state index contributed by atoms with van der Waals surface area (Å²) >= 11 is 0. The first-order chi connectivity index (χ1) is 13.1. The van der Waals surface area contributed by atoms with Crippen LogP contribution in [0.5, 0.6) is 0 Å². The number of aliphatic carboxylic acids is 1. The summed E-state index contributed by atoms with van der Waals surface area (Å²) in [7, 11) is 0. The van der Waals surface area contributed by atoms with Crippen molar-refractivity contribution in [1.29, 1.82) is 0 Å². The predicted molar refractivity (Wildman–Crippen MR) is 111 cm³/mol. The molecule has 0 bridgehead atoms. The average molecular weight is 378 g/mol. The quantitative estimate of drug-likeness (QED) is 0.239. The number of carbonyl (C=O) groups is 1. The molecule has 0 saturated heterocycles. The summed E-state index contributed by atoms with van der Waals surface area (Å²) in [4.78, 5) is 15.5. The van der Waals surface area contributed by atoms with Crippen molar-refractivity contribution in [2.24, 2.45) is 10.7 Å². The molecule has 0 aliphatic carbocycles. The Balaban J connectivity index is 2.10. The number of aliphatic imine (C=N–C) groups is 1. The predicted octanol–water partition coefficient (Wildman–Crippen LogP) is 3.65. The minimum atomic E-state index is -1.05. The minimum absolute atomic E-state index is 0.0721. The highest BCUT2D eigenvalue weighted by molar-refractivity contribution is 5.80. The number of hydrogen-bond acceptors (Lipinski definition) is 4. The third-order valence-corrected chi connectivity index (χ3v) is 5.19. The maximum atomic E-state index is 11.1. The fourth-order valence-electron chi connectivity index (χ4n) is 3.62. The van der Waals surface area contributed by atoms with E-state index in [2.05, 4.69) is 24.1 Å². The van der Waals surface area contributed by atoms with Gasteiger partial charge in [-0.05, 0) is 32.1 Å². The molecule has 1 aliphatic heterocycles. The highest BCUT2D eigenvalue weighted by atomic mass is 16.4. The van der Waals surface area contributed by atoms with Crippen molar-refractivity contribution in [2.75, 3.05) is 19.6 Å². The van der Waals surface area contributed by atoms with E-state index in [0.717, 1.165) is 25.1 Å². The Hall–Kier alpha value is -1.46. The molecule has 1 atom stereocenters. The van der Waals surface area contributed by atoms with Crippen molar-refractivity contribution in [3.8, 4) is 0 Å². The van der Waals surface area contributed by atoms with Crippen molar-refractivity contribution < 1.29 is 14.4 Å². The molecule has 1 heterocycles. The number of quaternary nitrogens is 1. The molecule has 1 unspecified atom stereocenters. The zero-order valence-corrected chi connectivity index (χ0v) is 17.2. The monoisotopic (exact) mass is 377 g/mol. The molecule has 27 heavy (non-hydrogen) atoms. The first-order valence-corrected chi connectivity index (χ1v) is 10.8. The lowest BCUT2D eigenvalue weighted by atomic mass is 10.1. The molecule has 2 N–H and O–H groups in total. The molecule has 0 spiro atoms. The second kappa shape index (κ2) is 14.6. The Morgan fingerprint density at radius 1 is 1.07 bits per heavy atom. The maximum absolute atomic E-state index is 11.1. The first-order valence-electron chi connectivity index (χ1n) is 10.8. The fourth-order valence-corrected chi connectivity index (χ4v) is 3.62. The Morgan fingerprint density at radius 3 is 2.33 bits per heavy atom. The molecule has 0 radical (unpaired) electrons. The molecule has 154 valence electrons. The largest absolute Gasteiger partial charge is 0.544 e. The summed E-state index contributed by atoms with van der Waals surface area (Å²) in [5.41, 5.74) is 5.68. The number of amidine groups is 1. The smallest absolute Gasteiger partial charge is 0.207 e. The van der Waals surface area contributed by atoms with Gasteiger partial charge in [0.25, 0.3) is 0 Å². The molecule has 1 rings (SSSR count). The van der Waals surface area contributed by atoms with E-state index in [-0.39, 0.29) is 11.0 Å². The second-order valence-corrected chi connectivity index (χ2v) is 7.55. The van der Waals surface area contributed by atoms with Gasteiger partial charge in [0.15, 0.2) is 0 Å². The number of allylic oxidation sites excluding steroid dienone is 2. The Bertz CT molecular complexity index is 500. The van der Waals surface area contributed by atoms with Gasteiger partial charge in [0, 0.05) is 13.0 Å². The number of carboxylic acids is 1. The molecule has 1 aliphatic rings. The number of unbranched alkanes of at least 4 members (excludes halogenated alkanes) is 9. The van der Waals surface area contributed by atoms with Crippen molar-refractivity contribution in [2.45, 2.75) is 84.0 Å². The topological polar surface area (TPSA) is 78.5 Å². The van der Waals surface area contributed by atoms with Gasteiger partial charge in [-0.1, -0.05) is 57.6 Å². The molecule has 0 aromatic carbocycles. The van der Waals surface area contributed by atoms with Crippen molar-refractivity contribution in [1.82, 2.24) is 0 Å². The molecule has 5 heteroatoms. The van der Waals surface area contributed by atoms with Crippen molar-refractivity contribution >= 4 is 11.8 Å². The highest BCUT2D eigenvalue weighted by Gasteiger charge is 2.34. The van der Waals surface area contributed by atoms with Gasteiger partial charge < -0.3 is 15.6 Å². The molecular weight excluding hydrogens is 338 g/mol. The van der Waals surface area contributed by atoms with Gasteiger partial charge in [0.1, 0.15) is 19.3 Å². The summed E-state index contributed by atoms with van der Waals surface area (Å²) in [6.45, 7) is 3.17. The minimum Gasteiger partial charge on any atom is -0.544 e. The second-order valence-electron chi connectivity index (χ2n) is 7.55. The van der Waals surface area contributed by atoms with E-state index < -0.39 is 5.97 Å². The number of carboxylic acid groups (broad SMARTS) is 1. The van der Waals surface area contributed by atoms with Crippen molar-refractivity contribution in [3.63, 3.8) is 0 Å². The van der Waals surface area contributed by atoms with E-state index in [4.69, 9.17) is 5.73 Å². The Labute approximate surface area is 165 Å². The summed E-state index contributed by atoms with van der Waals surface area (Å²) in [6.07, 6.45) is 22.8. The summed E-state index contributed by atoms with van der Waals surface area (Å²) in [5.74, 6) is -0.142. The van der Waals surface area contributed by atoms with Crippen LogP contribution in [0.1, 0.15) is 84.0 Å². The summed E-state index contributed by atoms with van der Waals surface area (Å²) in [5, 5.41) is 11.1. The lowest BCUT2D eigenvalue weighted by Crippen LogP contribution is -2.55. The normalized spacial score (nSPS) is 19.1. The van der Waals surface area contributed by atoms with Gasteiger partial charge in [-0.15, -0.1) is 0 Å². The Kier molecular flexibility index (Phi) is 12.7. The number of hydrogen-bond donors (Lipinski definition) is 1. The van der Waals surface area contributed by atoms with Crippen LogP contribution in [0.4, 0.5) is 0 Å². The number of rotatable bonds is 17. The first kappa shape index (κ1) is 23.6. The summed E-state index contributed by atoms with van der Waals surface area (Å²) in [6, 6.07) is 0. The van der Waals surface area contributed by atoms with E-state index in [1.165, 1.54) is 57.8 Å². The van der Waals surface area contributed by atoms with Crippen LogP contribution in [0.2, 0.25) is 0 Å². The van der Waals surface area contributed by atoms with Crippen LogP contribution in [0.15, 0.2) is 29.5 Å². The standard InChI is InChI=1S/C22H39N3O2/c1-2-3-4-5-6-7-8-9-10-11-12-13-14-15-21-24-17-19-25(21,18-16-23)20-22(26)27/h7-8,17,19H,2-6,9-16,18,20,23H2,1H3/b8-7+.